The van der Waals surface area contributed by atoms with Crippen LogP contribution in [0, 0.1) is 0 Å². The molecule has 0 atom stereocenters. The van der Waals surface area contributed by atoms with Crippen LogP contribution < -0.4 is 4.90 Å². The number of hydrogen-bond donors (Lipinski definition) is 0. The van der Waals surface area contributed by atoms with Gasteiger partial charge in [-0.25, -0.2) is 0 Å². The smallest absolute Gasteiger partial charge is 0.0540 e. The second-order valence-electron chi connectivity index (χ2n) is 17.6. The lowest BCUT2D eigenvalue weighted by Crippen LogP contribution is -2.13. The number of nitrogens with zero attached hydrogens (tertiary/aromatic N) is 1. The van der Waals surface area contributed by atoms with Gasteiger partial charge in [0.25, 0.3) is 0 Å². The first-order chi connectivity index (χ1) is 34.3. The monoisotopic (exact) mass is 877 g/mol. The predicted octanol–water partition coefficient (Wildman–Crippen LogP) is 19.1. The molecule has 1 nitrogen and oxygen atoms in total. The first kappa shape index (κ1) is 41.4. The summed E-state index contributed by atoms with van der Waals surface area (Å²) in [7, 11) is 0. The molecule has 0 aliphatic rings. The van der Waals surface area contributed by atoms with Crippen LogP contribution in [0.25, 0.3) is 99.4 Å². The molecule has 0 fully saturated rings. The molecule has 0 heterocycles. The molecule has 0 unspecified atom stereocenters. The second kappa shape index (κ2) is 18.3. The molecule has 0 aliphatic heterocycles. The first-order valence-corrected chi connectivity index (χ1v) is 23.8. The van der Waals surface area contributed by atoms with E-state index in [1.54, 1.807) is 0 Å². The molecule has 1 heteroatoms. The van der Waals surface area contributed by atoms with Crippen LogP contribution in [0.5, 0.6) is 0 Å². The normalized spacial score (nSPS) is 11.2. The van der Waals surface area contributed by atoms with Crippen molar-refractivity contribution in [2.24, 2.45) is 0 Å². The lowest BCUT2D eigenvalue weighted by molar-refractivity contribution is 1.28. The quantitative estimate of drug-likeness (QED) is 0.124. The summed E-state index contributed by atoms with van der Waals surface area (Å²) in [6, 6.07) is 104. The van der Waals surface area contributed by atoms with Crippen molar-refractivity contribution in [2.45, 2.75) is 0 Å². The van der Waals surface area contributed by atoms with Gasteiger partial charge in [0, 0.05) is 16.8 Å². The number of fused-ring (bicyclic) bond motifs is 3. The Morgan fingerprint density at radius 1 is 0.203 bits per heavy atom. The molecule has 0 saturated carbocycles. The molecule has 0 N–H and O–H groups in total. The molecule has 69 heavy (non-hydrogen) atoms. The molecule has 12 aromatic carbocycles. The fraction of sp³-hybridized carbons (Fsp3) is 0. The number of benzene rings is 12. The fourth-order valence-electron chi connectivity index (χ4n) is 10.3. The summed E-state index contributed by atoms with van der Waals surface area (Å²) in [6.45, 7) is 0. The lowest BCUT2D eigenvalue weighted by atomic mass is 9.83. The van der Waals surface area contributed by atoms with Gasteiger partial charge in [0.15, 0.2) is 0 Å². The maximum Gasteiger partial charge on any atom is 0.0540 e. The van der Waals surface area contributed by atoms with Gasteiger partial charge in [-0.1, -0.05) is 249 Å². The van der Waals surface area contributed by atoms with E-state index in [2.05, 4.69) is 290 Å². The molecule has 0 aliphatic carbocycles. The lowest BCUT2D eigenvalue weighted by Gasteiger charge is -2.31. The van der Waals surface area contributed by atoms with Crippen LogP contribution >= 0.6 is 0 Å². The first-order valence-electron chi connectivity index (χ1n) is 23.8. The Hall–Kier alpha value is -9.04. The minimum Gasteiger partial charge on any atom is -0.309 e. The van der Waals surface area contributed by atoms with E-state index >= 15 is 0 Å². The number of rotatable bonds is 10. The fourth-order valence-corrected chi connectivity index (χ4v) is 10.3. The standard InChI is InChI=1S/C68H47N/c1-7-22-48(23-8-1)55-40-44-64(62(46-55)50-26-11-3-12-27-50)69(65-45-41-56(49-24-9-2-10-25-49)47-63(65)51-28-13-4-14-29-51)57-42-38-52(39-43-57)58-36-21-37-61-67(54-32-17-6-18-33-54)66(53-30-15-5-16-31-53)59-34-19-20-35-60(59)68(58)61/h1-47H. The van der Waals surface area contributed by atoms with Crippen molar-refractivity contribution in [3.8, 4) is 77.9 Å². The van der Waals surface area contributed by atoms with Crippen LogP contribution in [0.4, 0.5) is 17.1 Å². The molecule has 0 saturated heterocycles. The van der Waals surface area contributed by atoms with E-state index in [9.17, 15) is 0 Å². The van der Waals surface area contributed by atoms with E-state index in [4.69, 9.17) is 0 Å². The zero-order valence-corrected chi connectivity index (χ0v) is 38.1. The summed E-state index contributed by atoms with van der Waals surface area (Å²) in [4.78, 5) is 2.47. The predicted molar refractivity (Wildman–Crippen MR) is 294 cm³/mol. The van der Waals surface area contributed by atoms with Crippen molar-refractivity contribution < 1.29 is 0 Å². The van der Waals surface area contributed by atoms with E-state index in [0.717, 1.165) is 44.9 Å². The summed E-state index contributed by atoms with van der Waals surface area (Å²) in [5, 5.41) is 4.97. The average molecular weight is 878 g/mol. The third-order valence-electron chi connectivity index (χ3n) is 13.5. The summed E-state index contributed by atoms with van der Waals surface area (Å²) >= 11 is 0. The SMILES string of the molecule is c1ccc(-c2ccc(N(c3ccc(-c4cccc5c(-c6ccccc6)c(-c6ccccc6)c6ccccc6c45)cc3)c3ccc(-c4ccccc4)cc3-c3ccccc3)c(-c3ccccc3)c2)cc1. The van der Waals surface area contributed by atoms with Crippen LogP contribution in [0.15, 0.2) is 285 Å². The largest absolute Gasteiger partial charge is 0.309 e. The van der Waals surface area contributed by atoms with E-state index in [0.29, 0.717) is 0 Å². The van der Waals surface area contributed by atoms with E-state index in [1.165, 1.54) is 71.6 Å². The van der Waals surface area contributed by atoms with Gasteiger partial charge in [-0.2, -0.15) is 0 Å². The Balaban J connectivity index is 1.09. The van der Waals surface area contributed by atoms with Crippen molar-refractivity contribution >= 4 is 38.6 Å². The Morgan fingerprint density at radius 3 is 1.01 bits per heavy atom. The van der Waals surface area contributed by atoms with Crippen molar-refractivity contribution in [1.82, 2.24) is 0 Å². The minimum absolute atomic E-state index is 1.06. The molecule has 0 aromatic heterocycles. The Labute approximate surface area is 404 Å². The van der Waals surface area contributed by atoms with Gasteiger partial charge in [-0.05, 0) is 125 Å². The maximum absolute atomic E-state index is 2.47. The maximum atomic E-state index is 2.47. The van der Waals surface area contributed by atoms with Crippen molar-refractivity contribution in [3.05, 3.63) is 285 Å². The molecule has 324 valence electrons. The van der Waals surface area contributed by atoms with Crippen LogP contribution in [-0.4, -0.2) is 0 Å². The average Bonchev–Trinajstić information content (AvgIpc) is 3.44. The van der Waals surface area contributed by atoms with Gasteiger partial charge in [-0.15, -0.1) is 0 Å². The highest BCUT2D eigenvalue weighted by molar-refractivity contribution is 6.25. The Morgan fingerprint density at radius 2 is 0.551 bits per heavy atom. The third kappa shape index (κ3) is 7.86. The van der Waals surface area contributed by atoms with Crippen LogP contribution in [0.2, 0.25) is 0 Å². The minimum atomic E-state index is 1.06. The van der Waals surface area contributed by atoms with Gasteiger partial charge < -0.3 is 4.90 Å². The van der Waals surface area contributed by atoms with Crippen LogP contribution in [0.3, 0.4) is 0 Å². The Kier molecular flexibility index (Phi) is 11.0. The molecule has 0 amide bonds. The summed E-state index contributed by atoms with van der Waals surface area (Å²) in [5.74, 6) is 0. The van der Waals surface area contributed by atoms with Gasteiger partial charge in [-0.3, -0.25) is 0 Å². The van der Waals surface area contributed by atoms with Crippen molar-refractivity contribution in [1.29, 1.82) is 0 Å². The molecule has 12 aromatic rings. The highest BCUT2D eigenvalue weighted by atomic mass is 15.1. The van der Waals surface area contributed by atoms with Crippen LogP contribution in [0.1, 0.15) is 0 Å². The molecule has 0 radical (unpaired) electrons. The van der Waals surface area contributed by atoms with Crippen molar-refractivity contribution in [2.75, 3.05) is 4.90 Å². The topological polar surface area (TPSA) is 3.24 Å². The molecule has 0 spiro atoms. The summed E-state index contributed by atoms with van der Waals surface area (Å²) < 4.78 is 0. The molecule has 0 bridgehead atoms. The van der Waals surface area contributed by atoms with Crippen molar-refractivity contribution in [3.63, 3.8) is 0 Å². The number of hydrogen-bond acceptors (Lipinski definition) is 1. The van der Waals surface area contributed by atoms with Crippen LogP contribution in [-0.2, 0) is 0 Å². The highest BCUT2D eigenvalue weighted by Crippen LogP contribution is 2.50. The second-order valence-corrected chi connectivity index (χ2v) is 17.6. The highest BCUT2D eigenvalue weighted by Gasteiger charge is 2.24. The molecular weight excluding hydrogens is 831 g/mol. The molecular formula is C68H47N. The summed E-state index contributed by atoms with van der Waals surface area (Å²) in [5.41, 5.74) is 19.8. The van der Waals surface area contributed by atoms with Gasteiger partial charge in [0.1, 0.15) is 0 Å². The molecule has 12 rings (SSSR count). The Bertz CT molecular complexity index is 3590. The van der Waals surface area contributed by atoms with Gasteiger partial charge in [0.2, 0.25) is 0 Å². The third-order valence-corrected chi connectivity index (χ3v) is 13.5. The van der Waals surface area contributed by atoms with E-state index in [1.807, 2.05) is 0 Å². The van der Waals surface area contributed by atoms with Gasteiger partial charge in [0.05, 0.1) is 11.4 Å². The zero-order chi connectivity index (χ0) is 45.9. The van der Waals surface area contributed by atoms with E-state index < -0.39 is 0 Å². The van der Waals surface area contributed by atoms with Gasteiger partial charge >= 0.3 is 0 Å². The number of anilines is 3. The zero-order valence-electron chi connectivity index (χ0n) is 38.1. The summed E-state index contributed by atoms with van der Waals surface area (Å²) in [6.07, 6.45) is 0. The van der Waals surface area contributed by atoms with E-state index in [-0.39, 0.29) is 0 Å².